The van der Waals surface area contributed by atoms with E-state index < -0.39 is 0 Å². The van der Waals surface area contributed by atoms with Crippen molar-refractivity contribution in [2.45, 2.75) is 30.8 Å². The van der Waals surface area contributed by atoms with Crippen LogP contribution in [0.2, 0.25) is 0 Å². The van der Waals surface area contributed by atoms with Crippen LogP contribution in [0, 0.1) is 6.92 Å². The first kappa shape index (κ1) is 18.8. The molecule has 1 amide bonds. The zero-order valence-corrected chi connectivity index (χ0v) is 15.8. The molecule has 0 bridgehead atoms. The van der Waals surface area contributed by atoms with E-state index in [4.69, 9.17) is 0 Å². The highest BCUT2D eigenvalue weighted by Gasteiger charge is 2.13. The van der Waals surface area contributed by atoms with Gasteiger partial charge in [0.25, 0.3) is 5.56 Å². The van der Waals surface area contributed by atoms with Crippen LogP contribution in [0.25, 0.3) is 0 Å². The van der Waals surface area contributed by atoms with Crippen LogP contribution < -0.4 is 10.9 Å². The smallest absolute Gasteiger partial charge is 0.255 e. The standard InChI is InChI=1S/C20H20N4O2S/c1-14-17(10-18(25)22-12-16-8-5-9-21-11-16)19(26)24-20(23-14)27-13-15-6-3-2-4-7-15/h2-9,11H,10,12-13H2,1H3,(H,22,25)(H,23,24,26). The van der Waals surface area contributed by atoms with Crippen molar-refractivity contribution < 1.29 is 4.79 Å². The normalized spacial score (nSPS) is 10.6. The summed E-state index contributed by atoms with van der Waals surface area (Å²) in [4.78, 5) is 35.8. The Labute approximate surface area is 161 Å². The Bertz CT molecular complexity index is 959. The maximum Gasteiger partial charge on any atom is 0.255 e. The van der Waals surface area contributed by atoms with Crippen LogP contribution in [-0.2, 0) is 23.5 Å². The molecular formula is C20H20N4O2S. The summed E-state index contributed by atoms with van der Waals surface area (Å²) in [6.07, 6.45) is 3.37. The molecule has 0 unspecified atom stereocenters. The van der Waals surface area contributed by atoms with Crippen molar-refractivity contribution in [3.63, 3.8) is 0 Å². The van der Waals surface area contributed by atoms with Crippen LogP contribution in [0.3, 0.4) is 0 Å². The number of aromatic amines is 1. The number of benzene rings is 1. The van der Waals surface area contributed by atoms with Crippen molar-refractivity contribution in [2.75, 3.05) is 0 Å². The van der Waals surface area contributed by atoms with Gasteiger partial charge in [-0.15, -0.1) is 0 Å². The largest absolute Gasteiger partial charge is 0.352 e. The molecule has 0 radical (unpaired) electrons. The topological polar surface area (TPSA) is 87.7 Å². The number of nitrogens with zero attached hydrogens (tertiary/aromatic N) is 2. The SMILES string of the molecule is Cc1nc(SCc2ccccc2)[nH]c(=O)c1CC(=O)NCc1cccnc1. The summed E-state index contributed by atoms with van der Waals surface area (Å²) in [6.45, 7) is 2.13. The molecule has 0 atom stereocenters. The second-order valence-corrected chi connectivity index (χ2v) is 6.99. The molecule has 3 aromatic rings. The Morgan fingerprint density at radius 2 is 1.93 bits per heavy atom. The van der Waals surface area contributed by atoms with Gasteiger partial charge in [-0.25, -0.2) is 4.98 Å². The van der Waals surface area contributed by atoms with Gasteiger partial charge in [0.1, 0.15) is 0 Å². The number of pyridine rings is 1. The Balaban J connectivity index is 1.60. The lowest BCUT2D eigenvalue weighted by molar-refractivity contribution is -0.120. The van der Waals surface area contributed by atoms with Crippen molar-refractivity contribution in [3.05, 3.63) is 87.6 Å². The number of hydrogen-bond acceptors (Lipinski definition) is 5. The molecule has 0 aliphatic rings. The lowest BCUT2D eigenvalue weighted by atomic mass is 10.1. The van der Waals surface area contributed by atoms with Gasteiger partial charge < -0.3 is 10.3 Å². The third-order valence-electron chi connectivity index (χ3n) is 3.97. The van der Waals surface area contributed by atoms with Crippen LogP contribution in [0.5, 0.6) is 0 Å². The molecule has 0 spiro atoms. The van der Waals surface area contributed by atoms with Gasteiger partial charge in [0.15, 0.2) is 5.16 Å². The Hall–Kier alpha value is -2.93. The molecule has 7 heteroatoms. The van der Waals surface area contributed by atoms with Gasteiger partial charge in [0, 0.05) is 35.9 Å². The van der Waals surface area contributed by atoms with E-state index >= 15 is 0 Å². The van der Waals surface area contributed by atoms with E-state index in [1.54, 1.807) is 19.3 Å². The summed E-state index contributed by atoms with van der Waals surface area (Å²) < 4.78 is 0. The van der Waals surface area contributed by atoms with E-state index in [2.05, 4.69) is 20.3 Å². The maximum atomic E-state index is 12.4. The van der Waals surface area contributed by atoms with Gasteiger partial charge in [-0.05, 0) is 24.1 Å². The van der Waals surface area contributed by atoms with Crippen molar-refractivity contribution in [2.24, 2.45) is 0 Å². The number of rotatable bonds is 7. The molecular weight excluding hydrogens is 360 g/mol. The predicted molar refractivity (Wildman–Crippen MR) is 105 cm³/mol. The van der Waals surface area contributed by atoms with E-state index in [0.717, 1.165) is 11.1 Å². The van der Waals surface area contributed by atoms with E-state index in [1.165, 1.54) is 11.8 Å². The average Bonchev–Trinajstić information content (AvgIpc) is 2.69. The number of hydrogen-bond donors (Lipinski definition) is 2. The molecule has 138 valence electrons. The fraction of sp³-hybridized carbons (Fsp3) is 0.200. The molecule has 3 rings (SSSR count). The highest BCUT2D eigenvalue weighted by molar-refractivity contribution is 7.98. The number of H-pyrrole nitrogens is 1. The second-order valence-electron chi connectivity index (χ2n) is 6.02. The summed E-state index contributed by atoms with van der Waals surface area (Å²) in [6, 6.07) is 13.7. The first-order valence-electron chi connectivity index (χ1n) is 8.54. The zero-order chi connectivity index (χ0) is 19.1. The monoisotopic (exact) mass is 380 g/mol. The van der Waals surface area contributed by atoms with Crippen LogP contribution in [0.1, 0.15) is 22.4 Å². The third-order valence-corrected chi connectivity index (χ3v) is 4.91. The first-order valence-corrected chi connectivity index (χ1v) is 9.52. The molecule has 2 aromatic heterocycles. The van der Waals surface area contributed by atoms with Gasteiger partial charge in [-0.1, -0.05) is 48.2 Å². The van der Waals surface area contributed by atoms with E-state index in [9.17, 15) is 9.59 Å². The number of amides is 1. The molecule has 0 aliphatic heterocycles. The van der Waals surface area contributed by atoms with Crippen molar-refractivity contribution >= 4 is 17.7 Å². The predicted octanol–water partition coefficient (Wildman–Crippen LogP) is 2.62. The van der Waals surface area contributed by atoms with Gasteiger partial charge in [0.2, 0.25) is 5.91 Å². The minimum absolute atomic E-state index is 0.00192. The van der Waals surface area contributed by atoms with Crippen LogP contribution in [-0.4, -0.2) is 20.9 Å². The fourth-order valence-corrected chi connectivity index (χ4v) is 3.38. The number of thioether (sulfide) groups is 1. The van der Waals surface area contributed by atoms with Crippen LogP contribution in [0.4, 0.5) is 0 Å². The summed E-state index contributed by atoms with van der Waals surface area (Å²) in [5, 5.41) is 3.35. The van der Waals surface area contributed by atoms with Crippen molar-refractivity contribution in [3.8, 4) is 0 Å². The number of carbonyl (C=O) groups excluding carboxylic acids is 1. The highest BCUT2D eigenvalue weighted by Crippen LogP contribution is 2.18. The summed E-state index contributed by atoms with van der Waals surface area (Å²) in [5.41, 5.74) is 2.76. The number of aromatic nitrogens is 3. The van der Waals surface area contributed by atoms with Crippen molar-refractivity contribution in [1.29, 1.82) is 0 Å². The van der Waals surface area contributed by atoms with Gasteiger partial charge >= 0.3 is 0 Å². The van der Waals surface area contributed by atoms with Gasteiger partial charge in [-0.3, -0.25) is 14.6 Å². The molecule has 0 fully saturated rings. The molecule has 1 aromatic carbocycles. The molecule has 0 saturated carbocycles. The molecule has 6 nitrogen and oxygen atoms in total. The lowest BCUT2D eigenvalue weighted by Gasteiger charge is -2.08. The maximum absolute atomic E-state index is 12.4. The fourth-order valence-electron chi connectivity index (χ4n) is 2.51. The number of aryl methyl sites for hydroxylation is 1. The Morgan fingerprint density at radius 3 is 2.63 bits per heavy atom. The van der Waals surface area contributed by atoms with Gasteiger partial charge in [0.05, 0.1) is 6.42 Å². The van der Waals surface area contributed by atoms with E-state index in [0.29, 0.717) is 28.7 Å². The Morgan fingerprint density at radius 1 is 1.15 bits per heavy atom. The third kappa shape index (κ3) is 5.52. The highest BCUT2D eigenvalue weighted by atomic mass is 32.2. The van der Waals surface area contributed by atoms with E-state index in [-0.39, 0.29) is 17.9 Å². The molecule has 27 heavy (non-hydrogen) atoms. The van der Waals surface area contributed by atoms with Crippen molar-refractivity contribution in [1.82, 2.24) is 20.3 Å². The zero-order valence-electron chi connectivity index (χ0n) is 14.9. The Kier molecular flexibility index (Phi) is 6.38. The second kappa shape index (κ2) is 9.14. The van der Waals surface area contributed by atoms with Crippen LogP contribution >= 0.6 is 11.8 Å². The van der Waals surface area contributed by atoms with Crippen LogP contribution in [0.15, 0.2) is 64.8 Å². The number of nitrogens with one attached hydrogen (secondary N) is 2. The first-order chi connectivity index (χ1) is 13.1. The minimum Gasteiger partial charge on any atom is -0.352 e. The molecule has 2 N–H and O–H groups in total. The summed E-state index contributed by atoms with van der Waals surface area (Å²) >= 11 is 1.46. The summed E-state index contributed by atoms with van der Waals surface area (Å²) in [7, 11) is 0. The lowest BCUT2D eigenvalue weighted by Crippen LogP contribution is -2.28. The quantitative estimate of drug-likeness (QED) is 0.486. The minimum atomic E-state index is -0.269. The number of carbonyl (C=O) groups is 1. The average molecular weight is 380 g/mol. The van der Waals surface area contributed by atoms with E-state index in [1.807, 2.05) is 42.5 Å². The molecule has 2 heterocycles. The van der Waals surface area contributed by atoms with Gasteiger partial charge in [-0.2, -0.15) is 0 Å². The summed E-state index contributed by atoms with van der Waals surface area (Å²) in [5.74, 6) is 0.493. The molecule has 0 saturated heterocycles. The molecule has 0 aliphatic carbocycles.